The van der Waals surface area contributed by atoms with E-state index in [1.807, 2.05) is 45.0 Å². The minimum Gasteiger partial charge on any atom is -0.352 e. The standard InChI is InChI=1S/C27H32ClN3O4S/c1-5-25(27(33)29-19(2)3)31(17-20-10-13-23(28)14-11-20)26(32)18-30(4)36(34,35)24-15-12-21-8-6-7-9-22(21)16-24/h6-16,19,25H,5,17-18H2,1-4H3,(H,29,33)/t25-/m0/s1. The van der Waals surface area contributed by atoms with Gasteiger partial charge >= 0.3 is 0 Å². The van der Waals surface area contributed by atoms with Crippen molar-refractivity contribution >= 4 is 44.2 Å². The minimum atomic E-state index is -3.94. The van der Waals surface area contributed by atoms with Crippen molar-refractivity contribution in [3.05, 3.63) is 77.3 Å². The first-order valence-electron chi connectivity index (χ1n) is 11.8. The highest BCUT2D eigenvalue weighted by molar-refractivity contribution is 7.89. The van der Waals surface area contributed by atoms with Crippen LogP contribution in [0.1, 0.15) is 32.8 Å². The molecule has 2 amide bonds. The number of sulfonamides is 1. The van der Waals surface area contributed by atoms with E-state index >= 15 is 0 Å². The molecule has 0 aromatic heterocycles. The molecular formula is C27H32ClN3O4S. The van der Waals surface area contributed by atoms with Gasteiger partial charge in [-0.05, 0) is 60.9 Å². The van der Waals surface area contributed by atoms with Crippen LogP contribution in [0.4, 0.5) is 0 Å². The van der Waals surface area contributed by atoms with Crippen LogP contribution in [0, 0.1) is 0 Å². The van der Waals surface area contributed by atoms with Crippen LogP contribution in [0.25, 0.3) is 10.8 Å². The van der Waals surface area contributed by atoms with Gasteiger partial charge in [-0.1, -0.05) is 61.0 Å². The lowest BCUT2D eigenvalue weighted by atomic mass is 10.1. The van der Waals surface area contributed by atoms with E-state index in [2.05, 4.69) is 5.32 Å². The fourth-order valence-corrected chi connectivity index (χ4v) is 5.24. The van der Waals surface area contributed by atoms with E-state index in [0.29, 0.717) is 11.4 Å². The Morgan fingerprint density at radius 3 is 2.22 bits per heavy atom. The van der Waals surface area contributed by atoms with Gasteiger partial charge in [0.15, 0.2) is 0 Å². The lowest BCUT2D eigenvalue weighted by Gasteiger charge is -2.32. The van der Waals surface area contributed by atoms with Crippen LogP contribution in [-0.2, 0) is 26.2 Å². The summed E-state index contributed by atoms with van der Waals surface area (Å²) in [6.45, 7) is 5.25. The first kappa shape index (κ1) is 27.6. The van der Waals surface area contributed by atoms with Gasteiger partial charge in [-0.25, -0.2) is 8.42 Å². The minimum absolute atomic E-state index is 0.102. The summed E-state index contributed by atoms with van der Waals surface area (Å²) in [4.78, 5) is 28.0. The molecule has 0 saturated heterocycles. The van der Waals surface area contributed by atoms with E-state index in [1.54, 1.807) is 36.4 Å². The van der Waals surface area contributed by atoms with E-state index in [4.69, 9.17) is 11.6 Å². The van der Waals surface area contributed by atoms with Crippen molar-refractivity contribution < 1.29 is 18.0 Å². The number of nitrogens with one attached hydrogen (secondary N) is 1. The van der Waals surface area contributed by atoms with Crippen LogP contribution in [0.5, 0.6) is 0 Å². The highest BCUT2D eigenvalue weighted by Gasteiger charge is 2.32. The summed E-state index contributed by atoms with van der Waals surface area (Å²) >= 11 is 6.00. The summed E-state index contributed by atoms with van der Waals surface area (Å²) in [6, 6.07) is 18.5. The molecule has 9 heteroatoms. The Kier molecular flexibility index (Phi) is 9.11. The monoisotopic (exact) mass is 529 g/mol. The molecule has 0 aliphatic heterocycles. The smallest absolute Gasteiger partial charge is 0.243 e. The van der Waals surface area contributed by atoms with Crippen molar-refractivity contribution in [2.75, 3.05) is 13.6 Å². The molecule has 0 radical (unpaired) electrons. The summed E-state index contributed by atoms with van der Waals surface area (Å²) in [5.74, 6) is -0.752. The summed E-state index contributed by atoms with van der Waals surface area (Å²) < 4.78 is 27.6. The maximum absolute atomic E-state index is 13.5. The van der Waals surface area contributed by atoms with Crippen molar-refractivity contribution in [1.82, 2.24) is 14.5 Å². The van der Waals surface area contributed by atoms with Crippen molar-refractivity contribution in [3.8, 4) is 0 Å². The maximum atomic E-state index is 13.5. The zero-order valence-electron chi connectivity index (χ0n) is 20.9. The van der Waals surface area contributed by atoms with E-state index in [1.165, 1.54) is 18.0 Å². The molecule has 0 aliphatic rings. The lowest BCUT2D eigenvalue weighted by Crippen LogP contribution is -2.52. The van der Waals surface area contributed by atoms with E-state index < -0.39 is 28.5 Å². The maximum Gasteiger partial charge on any atom is 0.243 e. The van der Waals surface area contributed by atoms with Gasteiger partial charge in [-0.2, -0.15) is 4.31 Å². The van der Waals surface area contributed by atoms with Crippen molar-refractivity contribution in [3.63, 3.8) is 0 Å². The largest absolute Gasteiger partial charge is 0.352 e. The predicted molar refractivity (Wildman–Crippen MR) is 143 cm³/mol. The second-order valence-electron chi connectivity index (χ2n) is 9.01. The van der Waals surface area contributed by atoms with Gasteiger partial charge in [-0.15, -0.1) is 0 Å². The highest BCUT2D eigenvalue weighted by atomic mass is 35.5. The number of carbonyl (C=O) groups is 2. The summed E-state index contributed by atoms with van der Waals surface area (Å²) in [5, 5.41) is 5.14. The van der Waals surface area contributed by atoms with Gasteiger partial charge in [0.2, 0.25) is 21.8 Å². The number of fused-ring (bicyclic) bond motifs is 1. The molecule has 3 rings (SSSR count). The Balaban J connectivity index is 1.88. The molecule has 36 heavy (non-hydrogen) atoms. The highest BCUT2D eigenvalue weighted by Crippen LogP contribution is 2.22. The number of nitrogens with zero attached hydrogens (tertiary/aromatic N) is 2. The zero-order valence-corrected chi connectivity index (χ0v) is 22.5. The third-order valence-corrected chi connectivity index (χ3v) is 7.92. The molecular weight excluding hydrogens is 498 g/mol. The first-order chi connectivity index (χ1) is 17.0. The Bertz CT molecular complexity index is 1330. The SMILES string of the molecule is CC[C@@H](C(=O)NC(C)C)N(Cc1ccc(Cl)cc1)C(=O)CN(C)S(=O)(=O)c1ccc2ccccc2c1. The lowest BCUT2D eigenvalue weighted by molar-refractivity contribution is -0.141. The quantitative estimate of drug-likeness (QED) is 0.420. The molecule has 0 spiro atoms. The molecule has 0 heterocycles. The third kappa shape index (κ3) is 6.63. The van der Waals surface area contributed by atoms with Crippen LogP contribution < -0.4 is 5.32 Å². The van der Waals surface area contributed by atoms with Crippen LogP contribution in [0.2, 0.25) is 5.02 Å². The van der Waals surface area contributed by atoms with Gasteiger partial charge in [0, 0.05) is 24.7 Å². The molecule has 0 fully saturated rings. The molecule has 192 valence electrons. The van der Waals surface area contributed by atoms with Gasteiger partial charge < -0.3 is 10.2 Å². The average molecular weight is 530 g/mol. The van der Waals surface area contributed by atoms with E-state index in [9.17, 15) is 18.0 Å². The van der Waals surface area contributed by atoms with Crippen LogP contribution in [0.15, 0.2) is 71.6 Å². The summed E-state index contributed by atoms with van der Waals surface area (Å²) in [6.07, 6.45) is 0.374. The predicted octanol–water partition coefficient (Wildman–Crippen LogP) is 4.45. The number of halogens is 1. The fraction of sp³-hybridized carbons (Fsp3) is 0.333. The van der Waals surface area contributed by atoms with Gasteiger partial charge in [0.05, 0.1) is 11.4 Å². The number of rotatable bonds is 10. The number of likely N-dealkylation sites (N-methyl/N-ethyl adjacent to an activating group) is 1. The Morgan fingerprint density at radius 1 is 0.972 bits per heavy atom. The molecule has 3 aromatic rings. The van der Waals surface area contributed by atoms with Crippen molar-refractivity contribution in [1.29, 1.82) is 0 Å². The molecule has 3 aromatic carbocycles. The van der Waals surface area contributed by atoms with Gasteiger partial charge in [-0.3, -0.25) is 9.59 Å². The fourth-order valence-electron chi connectivity index (χ4n) is 3.96. The summed E-state index contributed by atoms with van der Waals surface area (Å²) in [5.41, 5.74) is 0.781. The number of benzene rings is 3. The van der Waals surface area contributed by atoms with Crippen LogP contribution in [0.3, 0.4) is 0 Å². The molecule has 0 unspecified atom stereocenters. The Labute approximate surface area is 218 Å². The van der Waals surface area contributed by atoms with Crippen LogP contribution >= 0.6 is 11.6 Å². The van der Waals surface area contributed by atoms with Gasteiger partial charge in [0.25, 0.3) is 0 Å². The molecule has 1 atom stereocenters. The van der Waals surface area contributed by atoms with Crippen molar-refractivity contribution in [2.45, 2.75) is 50.7 Å². The van der Waals surface area contributed by atoms with E-state index in [-0.39, 0.29) is 23.4 Å². The van der Waals surface area contributed by atoms with E-state index in [0.717, 1.165) is 20.6 Å². The number of hydrogen-bond donors (Lipinski definition) is 1. The molecule has 0 aliphatic carbocycles. The second kappa shape index (κ2) is 11.9. The Morgan fingerprint density at radius 2 is 1.61 bits per heavy atom. The first-order valence-corrected chi connectivity index (χ1v) is 13.6. The molecule has 1 N–H and O–H groups in total. The molecule has 0 saturated carbocycles. The number of hydrogen-bond acceptors (Lipinski definition) is 4. The number of amides is 2. The average Bonchev–Trinajstić information content (AvgIpc) is 2.84. The molecule has 7 nitrogen and oxygen atoms in total. The van der Waals surface area contributed by atoms with Crippen molar-refractivity contribution in [2.24, 2.45) is 0 Å². The zero-order chi connectivity index (χ0) is 26.5. The topological polar surface area (TPSA) is 86.8 Å². The Hall–Kier alpha value is -2.94. The normalized spacial score (nSPS) is 12.6. The molecule has 0 bridgehead atoms. The number of carbonyl (C=O) groups excluding carboxylic acids is 2. The third-order valence-electron chi connectivity index (χ3n) is 5.87. The second-order valence-corrected chi connectivity index (χ2v) is 11.5. The van der Waals surface area contributed by atoms with Crippen LogP contribution in [-0.4, -0.2) is 55.1 Å². The summed E-state index contributed by atoms with van der Waals surface area (Å²) in [7, 11) is -2.57. The van der Waals surface area contributed by atoms with Gasteiger partial charge in [0.1, 0.15) is 6.04 Å².